The first-order valence-corrected chi connectivity index (χ1v) is 5.58. The van der Waals surface area contributed by atoms with Crippen LogP contribution in [0.25, 0.3) is 0 Å². The maximum absolute atomic E-state index is 4.12. The van der Waals surface area contributed by atoms with Crippen LogP contribution in [0.4, 0.5) is 0 Å². The molecule has 1 fully saturated rings. The second kappa shape index (κ2) is 5.43. The molecule has 13 heavy (non-hydrogen) atoms. The molecule has 0 aromatic rings. The van der Waals surface area contributed by atoms with Gasteiger partial charge in [-0.2, -0.15) is 0 Å². The van der Waals surface area contributed by atoms with Gasteiger partial charge in [0.15, 0.2) is 0 Å². The fourth-order valence-corrected chi connectivity index (χ4v) is 1.85. The summed E-state index contributed by atoms with van der Waals surface area (Å²) in [5.41, 5.74) is 1.42. The maximum Gasteiger partial charge on any atom is -0.00204 e. The Bertz CT molecular complexity index is 155. The molecule has 1 unspecified atom stereocenters. The molecule has 1 aliphatic heterocycles. The lowest BCUT2D eigenvalue weighted by Crippen LogP contribution is -2.29. The Labute approximate surface area is 82.6 Å². The number of rotatable bonds is 4. The molecule has 1 heteroatoms. The van der Waals surface area contributed by atoms with Gasteiger partial charge in [-0.1, -0.05) is 26.0 Å². The molecule has 1 rings (SSSR count). The van der Waals surface area contributed by atoms with E-state index in [2.05, 4.69) is 25.7 Å². The van der Waals surface area contributed by atoms with Gasteiger partial charge >= 0.3 is 0 Å². The molecule has 1 N–H and O–H groups in total. The zero-order valence-corrected chi connectivity index (χ0v) is 9.10. The van der Waals surface area contributed by atoms with Crippen LogP contribution in [-0.4, -0.2) is 13.1 Å². The van der Waals surface area contributed by atoms with Gasteiger partial charge in [-0.25, -0.2) is 0 Å². The molecule has 0 aliphatic carbocycles. The molecule has 1 nitrogen and oxygen atoms in total. The molecule has 0 spiro atoms. The van der Waals surface area contributed by atoms with Crippen molar-refractivity contribution in [2.45, 2.75) is 39.5 Å². The zero-order chi connectivity index (χ0) is 9.68. The van der Waals surface area contributed by atoms with E-state index in [-0.39, 0.29) is 0 Å². The van der Waals surface area contributed by atoms with Crippen LogP contribution in [0.15, 0.2) is 12.2 Å². The molecule has 0 radical (unpaired) electrons. The van der Waals surface area contributed by atoms with Crippen molar-refractivity contribution in [1.82, 2.24) is 5.32 Å². The van der Waals surface area contributed by atoms with E-state index in [0.29, 0.717) is 5.92 Å². The molecule has 76 valence electrons. The molecule has 1 atom stereocenters. The third kappa shape index (κ3) is 3.95. The highest BCUT2D eigenvalue weighted by molar-refractivity contribution is 4.97. The van der Waals surface area contributed by atoms with Crippen LogP contribution in [0.5, 0.6) is 0 Å². The third-order valence-corrected chi connectivity index (χ3v) is 3.09. The van der Waals surface area contributed by atoms with E-state index in [4.69, 9.17) is 0 Å². The lowest BCUT2D eigenvalue weighted by Gasteiger charge is -2.23. The van der Waals surface area contributed by atoms with Crippen molar-refractivity contribution in [2.75, 3.05) is 13.1 Å². The molecule has 1 heterocycles. The Morgan fingerprint density at radius 2 is 2.31 bits per heavy atom. The van der Waals surface area contributed by atoms with E-state index < -0.39 is 0 Å². The zero-order valence-electron chi connectivity index (χ0n) is 9.10. The van der Waals surface area contributed by atoms with Crippen LogP contribution in [0.3, 0.4) is 0 Å². The van der Waals surface area contributed by atoms with Crippen molar-refractivity contribution >= 4 is 0 Å². The van der Waals surface area contributed by atoms with Crippen LogP contribution in [0.1, 0.15) is 39.5 Å². The van der Waals surface area contributed by atoms with E-state index in [1.807, 2.05) is 0 Å². The second-order valence-corrected chi connectivity index (χ2v) is 4.56. The van der Waals surface area contributed by atoms with Crippen LogP contribution >= 0.6 is 0 Å². The molecule has 1 saturated heterocycles. The first-order chi connectivity index (χ1) is 6.20. The summed E-state index contributed by atoms with van der Waals surface area (Å²) in [6.07, 6.45) is 5.34. The van der Waals surface area contributed by atoms with Crippen LogP contribution < -0.4 is 5.32 Å². The lowest BCUT2D eigenvalue weighted by molar-refractivity contribution is 0.355. The predicted octanol–water partition coefficient (Wildman–Crippen LogP) is 2.98. The number of nitrogens with one attached hydrogen (secondary N) is 1. The minimum Gasteiger partial charge on any atom is -0.316 e. The van der Waals surface area contributed by atoms with Crippen molar-refractivity contribution in [3.8, 4) is 0 Å². The van der Waals surface area contributed by atoms with Crippen molar-refractivity contribution in [2.24, 2.45) is 11.8 Å². The summed E-state index contributed by atoms with van der Waals surface area (Å²) in [6.45, 7) is 11.0. The summed E-state index contributed by atoms with van der Waals surface area (Å²) in [4.78, 5) is 0. The monoisotopic (exact) mass is 181 g/mol. The summed E-state index contributed by atoms with van der Waals surface area (Å²) in [6, 6.07) is 0. The van der Waals surface area contributed by atoms with E-state index in [1.165, 1.54) is 44.3 Å². The summed E-state index contributed by atoms with van der Waals surface area (Å²) >= 11 is 0. The Morgan fingerprint density at radius 3 is 2.85 bits per heavy atom. The minimum atomic E-state index is 0.663. The van der Waals surface area contributed by atoms with E-state index in [0.717, 1.165) is 5.92 Å². The van der Waals surface area contributed by atoms with Gasteiger partial charge in [0, 0.05) is 0 Å². The molecule has 0 saturated carbocycles. The molecule has 0 aromatic heterocycles. The maximum atomic E-state index is 4.12. The molecular weight excluding hydrogens is 158 g/mol. The number of piperidine rings is 1. The molecular formula is C12H23N. The number of allylic oxidation sites excluding steroid dienone is 1. The minimum absolute atomic E-state index is 0.663. The number of hydrogen-bond donors (Lipinski definition) is 1. The van der Waals surface area contributed by atoms with Crippen molar-refractivity contribution < 1.29 is 0 Å². The van der Waals surface area contributed by atoms with Gasteiger partial charge < -0.3 is 5.32 Å². The smallest absolute Gasteiger partial charge is 0.00204 e. The summed E-state index contributed by atoms with van der Waals surface area (Å²) in [7, 11) is 0. The van der Waals surface area contributed by atoms with Gasteiger partial charge in [-0.3, -0.25) is 0 Å². The second-order valence-electron chi connectivity index (χ2n) is 4.56. The fourth-order valence-electron chi connectivity index (χ4n) is 1.85. The quantitative estimate of drug-likeness (QED) is 0.657. The average Bonchev–Trinajstić information content (AvgIpc) is 2.15. The van der Waals surface area contributed by atoms with Gasteiger partial charge in [0.05, 0.1) is 0 Å². The van der Waals surface area contributed by atoms with Gasteiger partial charge in [-0.15, -0.1) is 0 Å². The average molecular weight is 181 g/mol. The van der Waals surface area contributed by atoms with Crippen molar-refractivity contribution in [3.63, 3.8) is 0 Å². The third-order valence-electron chi connectivity index (χ3n) is 3.09. The standard InChI is InChI=1S/C12H23N/c1-10(2)11(3)6-7-12-5-4-8-13-9-12/h10,12-13H,3-9H2,1-2H3. The fraction of sp³-hybridized carbons (Fsp3) is 0.833. The Balaban J connectivity index is 2.13. The SMILES string of the molecule is C=C(CCC1CCCNC1)C(C)C. The van der Waals surface area contributed by atoms with E-state index in [9.17, 15) is 0 Å². The highest BCUT2D eigenvalue weighted by Gasteiger charge is 2.13. The molecule has 0 bridgehead atoms. The summed E-state index contributed by atoms with van der Waals surface area (Å²) in [5.74, 6) is 1.57. The van der Waals surface area contributed by atoms with Crippen LogP contribution in [0.2, 0.25) is 0 Å². The van der Waals surface area contributed by atoms with Crippen LogP contribution in [0, 0.1) is 11.8 Å². The van der Waals surface area contributed by atoms with Gasteiger partial charge in [0.25, 0.3) is 0 Å². The van der Waals surface area contributed by atoms with Crippen molar-refractivity contribution in [3.05, 3.63) is 12.2 Å². The predicted molar refractivity (Wildman–Crippen MR) is 58.8 cm³/mol. The van der Waals surface area contributed by atoms with Crippen LogP contribution in [-0.2, 0) is 0 Å². The van der Waals surface area contributed by atoms with Gasteiger partial charge in [0.2, 0.25) is 0 Å². The van der Waals surface area contributed by atoms with Gasteiger partial charge in [0.1, 0.15) is 0 Å². The van der Waals surface area contributed by atoms with E-state index in [1.54, 1.807) is 0 Å². The Hall–Kier alpha value is -0.300. The largest absolute Gasteiger partial charge is 0.316 e. The Morgan fingerprint density at radius 1 is 1.54 bits per heavy atom. The lowest BCUT2D eigenvalue weighted by atomic mass is 9.90. The molecule has 1 aliphatic rings. The summed E-state index contributed by atoms with van der Waals surface area (Å²) < 4.78 is 0. The highest BCUT2D eigenvalue weighted by Crippen LogP contribution is 2.21. The topological polar surface area (TPSA) is 12.0 Å². The number of hydrogen-bond acceptors (Lipinski definition) is 1. The normalized spacial score (nSPS) is 23.5. The first kappa shape index (κ1) is 10.8. The van der Waals surface area contributed by atoms with Gasteiger partial charge in [-0.05, 0) is 50.6 Å². The molecule has 0 amide bonds. The molecule has 0 aromatic carbocycles. The van der Waals surface area contributed by atoms with Crippen molar-refractivity contribution in [1.29, 1.82) is 0 Å². The first-order valence-electron chi connectivity index (χ1n) is 5.58. The Kier molecular flexibility index (Phi) is 4.51. The highest BCUT2D eigenvalue weighted by atomic mass is 14.9. The summed E-state index contributed by atoms with van der Waals surface area (Å²) in [5, 5.41) is 3.46. The van der Waals surface area contributed by atoms with E-state index >= 15 is 0 Å².